The Balaban J connectivity index is 0.000000168. The Morgan fingerprint density at radius 1 is 0.432 bits per heavy atom. The molecule has 0 bridgehead atoms. The van der Waals surface area contributed by atoms with Gasteiger partial charge in [0.2, 0.25) is 0 Å². The molecule has 0 atom stereocenters. The molecule has 184 valence electrons. The standard InChI is InChI=1S/2C18H17.Hf/c2*1-12-7-13(2)10-16(9-12)17-6-4-5-15-8-14(3)11-18(15)17;/h2*4-11H,1-3H3;/q2*-1;. The first-order valence-electron chi connectivity index (χ1n) is 12.8. The largest absolute Gasteiger partial charge is 0.165 e. The summed E-state index contributed by atoms with van der Waals surface area (Å²) >= 11 is 0. The average Bonchev–Trinajstić information content (AvgIpc) is 3.38. The molecule has 0 saturated carbocycles. The molecule has 0 nitrogen and oxygen atoms in total. The Kier molecular flexibility index (Phi) is 8.14. The fraction of sp³-hybridized carbons (Fsp3) is 0.167. The average molecular weight is 645 g/mol. The maximum atomic E-state index is 2.28. The van der Waals surface area contributed by atoms with E-state index in [0.717, 1.165) is 0 Å². The Bertz CT molecular complexity index is 1520. The van der Waals surface area contributed by atoms with Crippen LogP contribution in [0.1, 0.15) is 33.4 Å². The van der Waals surface area contributed by atoms with Crippen molar-refractivity contribution in [2.24, 2.45) is 0 Å². The fourth-order valence-electron chi connectivity index (χ4n) is 5.53. The third-order valence-electron chi connectivity index (χ3n) is 6.86. The van der Waals surface area contributed by atoms with Gasteiger partial charge in [-0.15, -0.1) is 69.1 Å². The SMILES string of the molecule is Cc1cc(C)cc(-c2cccc3[cH-]c(C)cc23)c1.Cc1cc(C)cc(-c2cccc3[cH-]c(C)cc23)c1.[Hf]. The molecule has 0 radical (unpaired) electrons. The molecule has 6 aromatic carbocycles. The Hall–Kier alpha value is -3.03. The molecule has 0 aliphatic heterocycles. The van der Waals surface area contributed by atoms with Gasteiger partial charge in [-0.05, 0) is 38.8 Å². The van der Waals surface area contributed by atoms with Gasteiger partial charge in [0.15, 0.2) is 0 Å². The van der Waals surface area contributed by atoms with Gasteiger partial charge in [0, 0.05) is 25.8 Å². The third-order valence-corrected chi connectivity index (χ3v) is 6.86. The van der Waals surface area contributed by atoms with Crippen molar-refractivity contribution in [1.82, 2.24) is 0 Å². The minimum Gasteiger partial charge on any atom is -0.165 e. The van der Waals surface area contributed by atoms with Gasteiger partial charge in [-0.3, -0.25) is 0 Å². The van der Waals surface area contributed by atoms with Crippen molar-refractivity contribution in [3.8, 4) is 22.3 Å². The molecule has 0 saturated heterocycles. The van der Waals surface area contributed by atoms with Gasteiger partial charge in [0.05, 0.1) is 0 Å². The van der Waals surface area contributed by atoms with Crippen LogP contribution < -0.4 is 0 Å². The van der Waals surface area contributed by atoms with E-state index in [0.29, 0.717) is 0 Å². The number of fused-ring (bicyclic) bond motifs is 2. The minimum absolute atomic E-state index is 0. The summed E-state index contributed by atoms with van der Waals surface area (Å²) in [5.74, 6) is 0. The first-order chi connectivity index (χ1) is 17.3. The van der Waals surface area contributed by atoms with Crippen molar-refractivity contribution in [1.29, 1.82) is 0 Å². The molecular formula is C36H34Hf-2. The quantitative estimate of drug-likeness (QED) is 0.130. The zero-order valence-electron chi connectivity index (χ0n) is 22.7. The molecule has 6 rings (SSSR count). The van der Waals surface area contributed by atoms with Crippen LogP contribution >= 0.6 is 0 Å². The summed E-state index contributed by atoms with van der Waals surface area (Å²) in [6.07, 6.45) is 0. The zero-order valence-corrected chi connectivity index (χ0v) is 26.3. The van der Waals surface area contributed by atoms with Gasteiger partial charge in [-0.1, -0.05) is 95.8 Å². The molecule has 0 spiro atoms. The van der Waals surface area contributed by atoms with Crippen LogP contribution in [0.3, 0.4) is 0 Å². The van der Waals surface area contributed by atoms with Crippen molar-refractivity contribution in [2.45, 2.75) is 41.5 Å². The molecular weight excluding hydrogens is 611 g/mol. The van der Waals surface area contributed by atoms with Gasteiger partial charge in [0.25, 0.3) is 0 Å². The van der Waals surface area contributed by atoms with Crippen molar-refractivity contribution in [3.63, 3.8) is 0 Å². The van der Waals surface area contributed by atoms with Crippen molar-refractivity contribution < 1.29 is 25.8 Å². The minimum atomic E-state index is 0. The van der Waals surface area contributed by atoms with Gasteiger partial charge < -0.3 is 0 Å². The number of hydrogen-bond acceptors (Lipinski definition) is 0. The number of benzene rings is 4. The molecule has 0 aliphatic carbocycles. The Labute approximate surface area is 240 Å². The van der Waals surface area contributed by atoms with Crippen molar-refractivity contribution >= 4 is 21.5 Å². The smallest absolute Gasteiger partial charge is 0 e. The van der Waals surface area contributed by atoms with Gasteiger partial charge in [0.1, 0.15) is 0 Å². The van der Waals surface area contributed by atoms with Crippen LogP contribution in [0.25, 0.3) is 43.8 Å². The van der Waals surface area contributed by atoms with Crippen LogP contribution in [-0.4, -0.2) is 0 Å². The van der Waals surface area contributed by atoms with E-state index in [9.17, 15) is 0 Å². The maximum Gasteiger partial charge on any atom is 0 e. The number of rotatable bonds is 2. The summed E-state index contributed by atoms with van der Waals surface area (Å²) in [6.45, 7) is 13.0. The zero-order chi connectivity index (χ0) is 25.4. The molecule has 0 aromatic heterocycles. The van der Waals surface area contributed by atoms with E-state index in [4.69, 9.17) is 0 Å². The summed E-state index contributed by atoms with van der Waals surface area (Å²) < 4.78 is 0. The van der Waals surface area contributed by atoms with E-state index in [1.807, 2.05) is 0 Å². The fourth-order valence-corrected chi connectivity index (χ4v) is 5.53. The molecule has 0 N–H and O–H groups in total. The second kappa shape index (κ2) is 11.2. The second-order valence-electron chi connectivity index (χ2n) is 10.4. The first kappa shape index (κ1) is 27.0. The monoisotopic (exact) mass is 646 g/mol. The molecule has 37 heavy (non-hydrogen) atoms. The first-order valence-corrected chi connectivity index (χ1v) is 12.8. The molecule has 0 aliphatic rings. The van der Waals surface area contributed by atoms with E-state index < -0.39 is 0 Å². The molecule has 0 heterocycles. The maximum absolute atomic E-state index is 2.28. The van der Waals surface area contributed by atoms with Gasteiger partial charge in [-0.2, -0.15) is 12.1 Å². The van der Waals surface area contributed by atoms with Crippen LogP contribution in [0.4, 0.5) is 0 Å². The Morgan fingerprint density at radius 2 is 0.784 bits per heavy atom. The van der Waals surface area contributed by atoms with Crippen molar-refractivity contribution in [3.05, 3.63) is 130 Å². The predicted octanol–water partition coefficient (Wildman–Crippen LogP) is 10.3. The number of aryl methyl sites for hydroxylation is 6. The van der Waals surface area contributed by atoms with E-state index in [-0.39, 0.29) is 25.8 Å². The summed E-state index contributed by atoms with van der Waals surface area (Å²) in [7, 11) is 0. The molecule has 6 aromatic rings. The van der Waals surface area contributed by atoms with Crippen LogP contribution in [0, 0.1) is 41.5 Å². The van der Waals surface area contributed by atoms with E-state index in [1.54, 1.807) is 0 Å². The summed E-state index contributed by atoms with van der Waals surface area (Å²) in [4.78, 5) is 0. The van der Waals surface area contributed by atoms with E-state index >= 15 is 0 Å². The Morgan fingerprint density at radius 3 is 1.14 bits per heavy atom. The van der Waals surface area contributed by atoms with Gasteiger partial charge >= 0.3 is 0 Å². The number of hydrogen-bond donors (Lipinski definition) is 0. The van der Waals surface area contributed by atoms with Crippen LogP contribution in [0.5, 0.6) is 0 Å². The summed E-state index contributed by atoms with van der Waals surface area (Å²) in [6, 6.07) is 35.7. The van der Waals surface area contributed by atoms with E-state index in [1.165, 1.54) is 77.2 Å². The second-order valence-corrected chi connectivity index (χ2v) is 10.4. The normalized spacial score (nSPS) is 10.8. The molecule has 0 amide bonds. The molecule has 1 heteroatoms. The predicted molar refractivity (Wildman–Crippen MR) is 158 cm³/mol. The topological polar surface area (TPSA) is 0 Å². The molecule has 0 unspecified atom stereocenters. The van der Waals surface area contributed by atoms with Crippen LogP contribution in [-0.2, 0) is 25.8 Å². The van der Waals surface area contributed by atoms with E-state index in [2.05, 4.69) is 139 Å². The third kappa shape index (κ3) is 5.94. The van der Waals surface area contributed by atoms with Crippen LogP contribution in [0.15, 0.2) is 97.1 Å². The van der Waals surface area contributed by atoms with Gasteiger partial charge in [-0.25, -0.2) is 0 Å². The summed E-state index contributed by atoms with van der Waals surface area (Å²) in [5.41, 5.74) is 13.3. The molecule has 0 fully saturated rings. The van der Waals surface area contributed by atoms with Crippen LogP contribution in [0.2, 0.25) is 0 Å². The van der Waals surface area contributed by atoms with Crippen molar-refractivity contribution in [2.75, 3.05) is 0 Å². The summed E-state index contributed by atoms with van der Waals surface area (Å²) in [5, 5.41) is 5.40.